The third kappa shape index (κ3) is 4.12. The number of carbonyl (C=O) groups is 2. The Bertz CT molecular complexity index is 757. The van der Waals surface area contributed by atoms with Crippen LogP contribution in [-0.2, 0) is 11.3 Å². The van der Waals surface area contributed by atoms with Gasteiger partial charge in [-0.2, -0.15) is 0 Å². The average molecular weight is 404 g/mol. The molecule has 1 aromatic carbocycles. The van der Waals surface area contributed by atoms with Crippen molar-refractivity contribution >= 4 is 33.4 Å². The zero-order chi connectivity index (χ0) is 17.8. The number of carbonyl (C=O) groups excluding carboxylic acids is 2. The predicted molar refractivity (Wildman–Crippen MR) is 102 cm³/mol. The van der Waals surface area contributed by atoms with Crippen LogP contribution in [0.3, 0.4) is 0 Å². The summed E-state index contributed by atoms with van der Waals surface area (Å²) < 4.78 is 2.83. The molecule has 2 heterocycles. The number of para-hydroxylation sites is 1. The van der Waals surface area contributed by atoms with Gasteiger partial charge in [-0.3, -0.25) is 9.59 Å². The average Bonchev–Trinajstić information content (AvgIpc) is 3.03. The maximum atomic E-state index is 12.9. The quantitative estimate of drug-likeness (QED) is 0.844. The van der Waals surface area contributed by atoms with Gasteiger partial charge in [-0.05, 0) is 53.9 Å². The number of rotatable bonds is 4. The minimum absolute atomic E-state index is 0.00948. The summed E-state index contributed by atoms with van der Waals surface area (Å²) in [4.78, 5) is 27.2. The number of aromatic nitrogens is 1. The van der Waals surface area contributed by atoms with Crippen LogP contribution in [-0.4, -0.2) is 34.4 Å². The van der Waals surface area contributed by atoms with Gasteiger partial charge in [0, 0.05) is 36.0 Å². The summed E-state index contributed by atoms with van der Waals surface area (Å²) in [6.07, 6.45) is 3.56. The van der Waals surface area contributed by atoms with E-state index in [2.05, 4.69) is 21.2 Å². The van der Waals surface area contributed by atoms with Crippen molar-refractivity contribution in [1.82, 2.24) is 9.47 Å². The highest BCUT2D eigenvalue weighted by Gasteiger charge is 2.30. The second kappa shape index (κ2) is 7.87. The zero-order valence-electron chi connectivity index (χ0n) is 14.2. The lowest BCUT2D eigenvalue weighted by atomic mass is 9.96. The maximum Gasteiger partial charge on any atom is 0.270 e. The largest absolute Gasteiger partial charge is 0.343 e. The van der Waals surface area contributed by atoms with Gasteiger partial charge in [-0.15, -0.1) is 0 Å². The summed E-state index contributed by atoms with van der Waals surface area (Å²) in [6, 6.07) is 11.3. The molecule has 25 heavy (non-hydrogen) atoms. The first kappa shape index (κ1) is 17.7. The molecule has 1 aliphatic rings. The second-order valence-corrected chi connectivity index (χ2v) is 7.19. The van der Waals surface area contributed by atoms with Crippen LogP contribution in [0.15, 0.2) is 47.1 Å². The van der Waals surface area contributed by atoms with Crippen LogP contribution in [0.4, 0.5) is 5.69 Å². The van der Waals surface area contributed by atoms with E-state index in [9.17, 15) is 9.59 Å². The molecule has 0 radical (unpaired) electrons. The molecule has 0 saturated carbocycles. The Morgan fingerprint density at radius 1 is 1.28 bits per heavy atom. The Labute approximate surface area is 156 Å². The molecule has 132 valence electrons. The fourth-order valence-electron chi connectivity index (χ4n) is 3.22. The smallest absolute Gasteiger partial charge is 0.270 e. The molecule has 1 saturated heterocycles. The van der Waals surface area contributed by atoms with E-state index in [0.29, 0.717) is 18.8 Å². The third-order valence-electron chi connectivity index (χ3n) is 4.54. The van der Waals surface area contributed by atoms with Crippen molar-refractivity contribution in [3.63, 3.8) is 0 Å². The monoisotopic (exact) mass is 403 g/mol. The first-order chi connectivity index (χ1) is 12.1. The lowest BCUT2D eigenvalue weighted by Gasteiger charge is -2.32. The Morgan fingerprint density at radius 2 is 2.04 bits per heavy atom. The van der Waals surface area contributed by atoms with Crippen LogP contribution in [0.5, 0.6) is 0 Å². The van der Waals surface area contributed by atoms with E-state index in [-0.39, 0.29) is 17.7 Å². The Morgan fingerprint density at radius 3 is 2.76 bits per heavy atom. The summed E-state index contributed by atoms with van der Waals surface area (Å²) in [5.41, 5.74) is 1.46. The van der Waals surface area contributed by atoms with Crippen LogP contribution in [0.25, 0.3) is 0 Å². The van der Waals surface area contributed by atoms with Gasteiger partial charge in [0.1, 0.15) is 5.69 Å². The minimum atomic E-state index is -0.175. The van der Waals surface area contributed by atoms with Crippen LogP contribution in [0, 0.1) is 5.92 Å². The van der Waals surface area contributed by atoms with Crippen LogP contribution < -0.4 is 5.32 Å². The number of amides is 2. The second-order valence-electron chi connectivity index (χ2n) is 6.28. The van der Waals surface area contributed by atoms with E-state index in [1.807, 2.05) is 54.1 Å². The lowest BCUT2D eigenvalue weighted by molar-refractivity contribution is -0.121. The summed E-state index contributed by atoms with van der Waals surface area (Å²) >= 11 is 3.43. The molecule has 1 unspecified atom stereocenters. The van der Waals surface area contributed by atoms with Crippen LogP contribution in [0.2, 0.25) is 0 Å². The normalized spacial score (nSPS) is 17.4. The van der Waals surface area contributed by atoms with Gasteiger partial charge in [0.25, 0.3) is 5.91 Å². The highest BCUT2D eigenvalue weighted by atomic mass is 79.9. The summed E-state index contributed by atoms with van der Waals surface area (Å²) in [7, 11) is 0. The third-order valence-corrected chi connectivity index (χ3v) is 4.98. The van der Waals surface area contributed by atoms with Crippen LogP contribution in [0.1, 0.15) is 30.3 Å². The molecule has 3 rings (SSSR count). The van der Waals surface area contributed by atoms with E-state index < -0.39 is 0 Å². The van der Waals surface area contributed by atoms with Crippen molar-refractivity contribution < 1.29 is 9.59 Å². The predicted octanol–water partition coefficient (Wildman–Crippen LogP) is 3.76. The van der Waals surface area contributed by atoms with E-state index in [4.69, 9.17) is 0 Å². The van der Waals surface area contributed by atoms with E-state index in [0.717, 1.165) is 29.5 Å². The van der Waals surface area contributed by atoms with Crippen molar-refractivity contribution in [2.24, 2.45) is 5.92 Å². The Kier molecular flexibility index (Phi) is 5.58. The van der Waals surface area contributed by atoms with Gasteiger partial charge in [0.15, 0.2) is 0 Å². The molecule has 5 nitrogen and oxygen atoms in total. The van der Waals surface area contributed by atoms with E-state index in [1.54, 1.807) is 4.90 Å². The highest BCUT2D eigenvalue weighted by Crippen LogP contribution is 2.22. The van der Waals surface area contributed by atoms with Gasteiger partial charge in [0.2, 0.25) is 5.91 Å². The molecule has 0 aliphatic carbocycles. The Hall–Kier alpha value is -2.08. The zero-order valence-corrected chi connectivity index (χ0v) is 15.8. The maximum absolute atomic E-state index is 12.9. The molecule has 1 fully saturated rings. The van der Waals surface area contributed by atoms with Crippen molar-refractivity contribution in [2.45, 2.75) is 26.3 Å². The molecule has 2 aromatic rings. The van der Waals surface area contributed by atoms with Crippen LogP contribution >= 0.6 is 15.9 Å². The number of piperidine rings is 1. The number of anilines is 1. The molecule has 0 bridgehead atoms. The number of halogens is 1. The highest BCUT2D eigenvalue weighted by molar-refractivity contribution is 9.10. The minimum Gasteiger partial charge on any atom is -0.343 e. The van der Waals surface area contributed by atoms with Crippen molar-refractivity contribution in [1.29, 1.82) is 0 Å². The first-order valence-electron chi connectivity index (χ1n) is 8.59. The summed E-state index contributed by atoms with van der Waals surface area (Å²) in [6.45, 7) is 3.90. The lowest BCUT2D eigenvalue weighted by Crippen LogP contribution is -2.44. The molecular formula is C19H22BrN3O2. The Balaban J connectivity index is 1.68. The number of benzene rings is 1. The van der Waals surface area contributed by atoms with Crippen molar-refractivity contribution in [3.8, 4) is 0 Å². The fourth-order valence-corrected chi connectivity index (χ4v) is 3.68. The SMILES string of the molecule is CCn1cc(Br)cc1C(=O)N1CCCC(C(=O)Nc2ccccc2)C1. The molecular weight excluding hydrogens is 382 g/mol. The van der Waals surface area contributed by atoms with Crippen molar-refractivity contribution in [3.05, 3.63) is 52.8 Å². The van der Waals surface area contributed by atoms with E-state index in [1.165, 1.54) is 0 Å². The van der Waals surface area contributed by atoms with Gasteiger partial charge in [-0.25, -0.2) is 0 Å². The number of aryl methyl sites for hydroxylation is 1. The number of likely N-dealkylation sites (tertiary alicyclic amines) is 1. The van der Waals surface area contributed by atoms with Gasteiger partial charge in [0.05, 0.1) is 5.92 Å². The summed E-state index contributed by atoms with van der Waals surface area (Å²) in [5, 5.41) is 2.95. The topological polar surface area (TPSA) is 54.3 Å². The molecule has 6 heteroatoms. The van der Waals surface area contributed by atoms with Gasteiger partial charge < -0.3 is 14.8 Å². The molecule has 2 amide bonds. The molecule has 1 aliphatic heterocycles. The molecule has 0 spiro atoms. The molecule has 1 atom stereocenters. The van der Waals surface area contributed by atoms with E-state index >= 15 is 0 Å². The fraction of sp³-hybridized carbons (Fsp3) is 0.368. The van der Waals surface area contributed by atoms with Crippen molar-refractivity contribution in [2.75, 3.05) is 18.4 Å². The number of hydrogen-bond donors (Lipinski definition) is 1. The van der Waals surface area contributed by atoms with Gasteiger partial charge in [-0.1, -0.05) is 18.2 Å². The van der Waals surface area contributed by atoms with Gasteiger partial charge >= 0.3 is 0 Å². The molecule has 1 N–H and O–H groups in total. The number of nitrogens with zero attached hydrogens (tertiary/aromatic N) is 2. The standard InChI is InChI=1S/C19H22BrN3O2/c1-2-22-13-15(20)11-17(22)19(25)23-10-6-7-14(12-23)18(24)21-16-8-4-3-5-9-16/h3-5,8-9,11,13-14H,2,6-7,10,12H2,1H3,(H,21,24). The number of nitrogens with one attached hydrogen (secondary N) is 1. The first-order valence-corrected chi connectivity index (χ1v) is 9.38. The number of hydrogen-bond acceptors (Lipinski definition) is 2. The molecule has 1 aromatic heterocycles. The summed E-state index contributed by atoms with van der Waals surface area (Å²) in [5.74, 6) is -0.202.